The Balaban J connectivity index is 2.57. The molecular weight excluding hydrogens is 279 g/mol. The Kier molecular flexibility index (Phi) is 3.68. The van der Waals surface area contributed by atoms with E-state index in [1.807, 2.05) is 0 Å². The van der Waals surface area contributed by atoms with Gasteiger partial charge in [0.15, 0.2) is 0 Å². The van der Waals surface area contributed by atoms with E-state index in [2.05, 4.69) is 10.1 Å². The maximum Gasteiger partial charge on any atom is 0.336 e. The predicted octanol–water partition coefficient (Wildman–Crippen LogP) is 2.77. The van der Waals surface area contributed by atoms with Crippen LogP contribution in [-0.4, -0.2) is 25.4 Å². The van der Waals surface area contributed by atoms with E-state index < -0.39 is 4.92 Å². The van der Waals surface area contributed by atoms with Gasteiger partial charge in [-0.2, -0.15) is 5.10 Å². The van der Waals surface area contributed by atoms with Gasteiger partial charge in [-0.25, -0.2) is 9.50 Å². The number of alkyl halides is 1. The van der Waals surface area contributed by atoms with Crippen molar-refractivity contribution in [1.29, 1.82) is 0 Å². The number of rotatable bonds is 4. The summed E-state index contributed by atoms with van der Waals surface area (Å²) in [6, 6.07) is 0. The van der Waals surface area contributed by atoms with E-state index in [0.717, 1.165) is 12.0 Å². The topological polar surface area (TPSA) is 73.3 Å². The Morgan fingerprint density at radius 3 is 2.89 bits per heavy atom. The number of nitro groups is 1. The summed E-state index contributed by atoms with van der Waals surface area (Å²) >= 11 is 11.6. The smallest absolute Gasteiger partial charge is 0.258 e. The van der Waals surface area contributed by atoms with Gasteiger partial charge in [0.25, 0.3) is 0 Å². The molecule has 2 rings (SSSR count). The van der Waals surface area contributed by atoms with Crippen molar-refractivity contribution in [3.63, 3.8) is 0 Å². The quantitative estimate of drug-likeness (QED) is 0.375. The van der Waals surface area contributed by atoms with Gasteiger partial charge in [0.1, 0.15) is 10.8 Å². The summed E-state index contributed by atoms with van der Waals surface area (Å²) in [4.78, 5) is 14.5. The molecule has 0 fully saturated rings. The second kappa shape index (κ2) is 5.07. The highest BCUT2D eigenvalue weighted by Crippen LogP contribution is 2.25. The summed E-state index contributed by atoms with van der Waals surface area (Å²) in [6.45, 7) is 1.57. The van der Waals surface area contributed by atoms with Gasteiger partial charge in [-0.05, 0) is 19.8 Å². The second-order valence-electron chi connectivity index (χ2n) is 3.81. The highest BCUT2D eigenvalue weighted by molar-refractivity contribution is 6.30. The van der Waals surface area contributed by atoms with Crippen LogP contribution in [0.25, 0.3) is 5.65 Å². The van der Waals surface area contributed by atoms with Crippen molar-refractivity contribution < 1.29 is 4.92 Å². The number of fused-ring (bicyclic) bond motifs is 1. The van der Waals surface area contributed by atoms with Crippen LogP contribution < -0.4 is 0 Å². The van der Waals surface area contributed by atoms with Crippen LogP contribution >= 0.6 is 23.2 Å². The van der Waals surface area contributed by atoms with E-state index in [0.29, 0.717) is 18.0 Å². The van der Waals surface area contributed by atoms with Crippen LogP contribution in [0.2, 0.25) is 5.15 Å². The third-order valence-corrected chi connectivity index (χ3v) is 3.13. The van der Waals surface area contributed by atoms with Crippen LogP contribution in [0.3, 0.4) is 0 Å². The molecule has 0 saturated carbocycles. The number of aryl methyl sites for hydroxylation is 2. The number of nitrogens with zero attached hydrogens (tertiary/aromatic N) is 4. The van der Waals surface area contributed by atoms with Gasteiger partial charge in [0.2, 0.25) is 5.65 Å². The van der Waals surface area contributed by atoms with E-state index in [1.54, 1.807) is 13.1 Å². The largest absolute Gasteiger partial charge is 0.336 e. The van der Waals surface area contributed by atoms with Crippen LogP contribution in [0, 0.1) is 17.0 Å². The SMILES string of the molecule is Cc1nn2cc(CCCCl)c(Cl)nc2c1[N+](=O)[O-]. The van der Waals surface area contributed by atoms with Gasteiger partial charge >= 0.3 is 5.69 Å². The van der Waals surface area contributed by atoms with E-state index in [9.17, 15) is 10.1 Å². The summed E-state index contributed by atoms with van der Waals surface area (Å²) in [7, 11) is 0. The van der Waals surface area contributed by atoms with Gasteiger partial charge in [0.05, 0.1) is 4.92 Å². The molecule has 0 amide bonds. The predicted molar refractivity (Wildman–Crippen MR) is 68.4 cm³/mol. The lowest BCUT2D eigenvalue weighted by atomic mass is 10.2. The molecule has 0 aliphatic heterocycles. The molecule has 0 unspecified atom stereocenters. The first-order valence-electron chi connectivity index (χ1n) is 5.29. The molecule has 18 heavy (non-hydrogen) atoms. The van der Waals surface area contributed by atoms with Crippen molar-refractivity contribution in [3.8, 4) is 0 Å². The molecule has 0 bridgehead atoms. The lowest BCUT2D eigenvalue weighted by Crippen LogP contribution is -1.98. The van der Waals surface area contributed by atoms with Gasteiger partial charge in [0, 0.05) is 17.6 Å². The first-order chi connectivity index (χ1) is 8.54. The lowest BCUT2D eigenvalue weighted by molar-refractivity contribution is -0.383. The molecule has 0 atom stereocenters. The fraction of sp³-hybridized carbons (Fsp3) is 0.400. The Morgan fingerprint density at radius 1 is 1.56 bits per heavy atom. The summed E-state index contributed by atoms with van der Waals surface area (Å²) in [5, 5.41) is 15.2. The molecule has 0 saturated heterocycles. The average Bonchev–Trinajstić information content (AvgIpc) is 2.61. The molecule has 2 aromatic heterocycles. The summed E-state index contributed by atoms with van der Waals surface area (Å²) < 4.78 is 1.39. The van der Waals surface area contributed by atoms with Crippen molar-refractivity contribution in [2.75, 3.05) is 5.88 Å². The van der Waals surface area contributed by atoms with Crippen LogP contribution in [0.4, 0.5) is 5.69 Å². The standard InChI is InChI=1S/C10H10Cl2N4O2/c1-6-8(16(17)18)10-13-9(12)7(3-2-4-11)5-15(10)14-6/h5H,2-4H2,1H3. The monoisotopic (exact) mass is 288 g/mol. The fourth-order valence-corrected chi connectivity index (χ4v) is 2.08. The third kappa shape index (κ3) is 2.26. The number of halogens is 2. The summed E-state index contributed by atoms with van der Waals surface area (Å²) in [6.07, 6.45) is 3.09. The molecule has 2 heterocycles. The van der Waals surface area contributed by atoms with Gasteiger partial charge < -0.3 is 0 Å². The number of hydrogen-bond acceptors (Lipinski definition) is 4. The van der Waals surface area contributed by atoms with E-state index in [1.165, 1.54) is 4.52 Å². The molecule has 0 radical (unpaired) electrons. The molecule has 8 heteroatoms. The number of hydrogen-bond donors (Lipinski definition) is 0. The molecule has 0 aromatic carbocycles. The third-order valence-electron chi connectivity index (χ3n) is 2.54. The molecule has 0 aliphatic rings. The van der Waals surface area contributed by atoms with Gasteiger partial charge in [-0.3, -0.25) is 10.1 Å². The van der Waals surface area contributed by atoms with Crippen molar-refractivity contribution in [2.45, 2.75) is 19.8 Å². The van der Waals surface area contributed by atoms with E-state index in [4.69, 9.17) is 23.2 Å². The minimum Gasteiger partial charge on any atom is -0.258 e. The zero-order chi connectivity index (χ0) is 13.3. The maximum absolute atomic E-state index is 10.9. The second-order valence-corrected chi connectivity index (χ2v) is 4.54. The Morgan fingerprint density at radius 2 is 2.28 bits per heavy atom. The first-order valence-corrected chi connectivity index (χ1v) is 6.20. The lowest BCUT2D eigenvalue weighted by Gasteiger charge is -2.02. The minimum absolute atomic E-state index is 0.110. The zero-order valence-electron chi connectivity index (χ0n) is 9.56. The van der Waals surface area contributed by atoms with Crippen molar-refractivity contribution >= 4 is 34.5 Å². The highest BCUT2D eigenvalue weighted by Gasteiger charge is 2.22. The molecule has 2 aromatic rings. The molecule has 0 aliphatic carbocycles. The van der Waals surface area contributed by atoms with Gasteiger partial charge in [-0.15, -0.1) is 11.6 Å². The molecule has 6 nitrogen and oxygen atoms in total. The first kappa shape index (κ1) is 13.0. The highest BCUT2D eigenvalue weighted by atomic mass is 35.5. The van der Waals surface area contributed by atoms with Crippen LogP contribution in [0.1, 0.15) is 17.7 Å². The van der Waals surface area contributed by atoms with Crippen molar-refractivity contribution in [1.82, 2.24) is 14.6 Å². The summed E-state index contributed by atoms with van der Waals surface area (Å²) in [5.41, 5.74) is 1.15. The van der Waals surface area contributed by atoms with E-state index >= 15 is 0 Å². The Labute approximate surface area is 113 Å². The van der Waals surface area contributed by atoms with Crippen molar-refractivity contribution in [2.24, 2.45) is 0 Å². The molecule has 96 valence electrons. The Hall–Kier alpha value is -1.40. The van der Waals surface area contributed by atoms with Crippen molar-refractivity contribution in [3.05, 3.63) is 32.7 Å². The van der Waals surface area contributed by atoms with Crippen LogP contribution in [0.5, 0.6) is 0 Å². The summed E-state index contributed by atoms with van der Waals surface area (Å²) in [5.74, 6) is 0.520. The van der Waals surface area contributed by atoms with Gasteiger partial charge in [-0.1, -0.05) is 11.6 Å². The average molecular weight is 289 g/mol. The zero-order valence-corrected chi connectivity index (χ0v) is 11.1. The molecular formula is C10H10Cl2N4O2. The Bertz CT molecular complexity index is 611. The fourth-order valence-electron chi connectivity index (χ4n) is 1.73. The maximum atomic E-state index is 10.9. The number of aromatic nitrogens is 3. The van der Waals surface area contributed by atoms with Crippen LogP contribution in [-0.2, 0) is 6.42 Å². The minimum atomic E-state index is -0.501. The normalized spacial score (nSPS) is 11.1. The van der Waals surface area contributed by atoms with E-state index in [-0.39, 0.29) is 16.5 Å². The van der Waals surface area contributed by atoms with Crippen LogP contribution in [0.15, 0.2) is 6.20 Å². The molecule has 0 N–H and O–H groups in total. The molecule has 0 spiro atoms.